The third kappa shape index (κ3) is 3.89. The van der Waals surface area contributed by atoms with Gasteiger partial charge in [0.25, 0.3) is 11.8 Å². The van der Waals surface area contributed by atoms with E-state index in [0.29, 0.717) is 49.3 Å². The molecule has 8 heteroatoms. The Morgan fingerprint density at radius 3 is 2.26 bits per heavy atom. The van der Waals surface area contributed by atoms with E-state index < -0.39 is 6.10 Å². The number of amides is 2. The van der Waals surface area contributed by atoms with E-state index in [0.717, 1.165) is 24.2 Å². The number of aromatic nitrogens is 2. The number of nitrogens with zero attached hydrogens (tertiary/aromatic N) is 4. The lowest BCUT2D eigenvalue weighted by molar-refractivity contribution is -0.142. The van der Waals surface area contributed by atoms with Crippen molar-refractivity contribution in [1.29, 1.82) is 0 Å². The van der Waals surface area contributed by atoms with Crippen molar-refractivity contribution in [2.24, 2.45) is 0 Å². The minimum atomic E-state index is -0.669. The van der Waals surface area contributed by atoms with Gasteiger partial charge in [-0.25, -0.2) is 4.68 Å². The molecule has 3 aliphatic rings. The highest BCUT2D eigenvalue weighted by Crippen LogP contribution is 2.40. The van der Waals surface area contributed by atoms with Gasteiger partial charge in [-0.1, -0.05) is 30.3 Å². The van der Waals surface area contributed by atoms with Crippen molar-refractivity contribution in [3.05, 3.63) is 72.1 Å². The average Bonchev–Trinajstić information content (AvgIpc) is 3.66. The molecule has 2 aromatic carbocycles. The molecule has 0 unspecified atom stereocenters. The molecule has 1 saturated heterocycles. The number of piperazine rings is 1. The fourth-order valence-corrected chi connectivity index (χ4v) is 4.53. The largest absolute Gasteiger partial charge is 0.485 e. The normalized spacial score (nSPS) is 19.7. The summed E-state index contributed by atoms with van der Waals surface area (Å²) in [4.78, 5) is 30.1. The molecule has 0 bridgehead atoms. The lowest BCUT2D eigenvalue weighted by atomic mass is 10.2. The Morgan fingerprint density at radius 1 is 0.853 bits per heavy atom. The van der Waals surface area contributed by atoms with Gasteiger partial charge in [0, 0.05) is 32.1 Å². The molecule has 0 radical (unpaired) electrons. The summed E-state index contributed by atoms with van der Waals surface area (Å²) >= 11 is 0. The van der Waals surface area contributed by atoms with E-state index in [4.69, 9.17) is 14.6 Å². The van der Waals surface area contributed by atoms with Crippen LogP contribution in [-0.4, -0.2) is 70.3 Å². The molecule has 34 heavy (non-hydrogen) atoms. The number of rotatable bonds is 4. The summed E-state index contributed by atoms with van der Waals surface area (Å²) in [5, 5.41) is 4.76. The summed E-state index contributed by atoms with van der Waals surface area (Å²) in [6.45, 7) is 2.04. The molecule has 2 fully saturated rings. The first-order valence-corrected chi connectivity index (χ1v) is 11.8. The maximum Gasteiger partial charge on any atom is 0.272 e. The quantitative estimate of drug-likeness (QED) is 0.601. The molecule has 1 aromatic heterocycles. The van der Waals surface area contributed by atoms with Gasteiger partial charge < -0.3 is 19.3 Å². The van der Waals surface area contributed by atoms with Crippen molar-refractivity contribution < 1.29 is 19.1 Å². The van der Waals surface area contributed by atoms with Crippen LogP contribution in [0.15, 0.2) is 60.7 Å². The first-order valence-electron chi connectivity index (χ1n) is 11.8. The van der Waals surface area contributed by atoms with Gasteiger partial charge in [-0.3, -0.25) is 9.59 Å². The molecule has 3 heterocycles. The summed E-state index contributed by atoms with van der Waals surface area (Å²) in [6.07, 6.45) is 1.58. The highest BCUT2D eigenvalue weighted by Gasteiger charge is 2.35. The topological polar surface area (TPSA) is 76.9 Å². The zero-order valence-electron chi connectivity index (χ0n) is 18.8. The van der Waals surface area contributed by atoms with Crippen molar-refractivity contribution in [3.63, 3.8) is 0 Å². The van der Waals surface area contributed by atoms with Gasteiger partial charge in [0.2, 0.25) is 6.10 Å². The molecule has 0 spiro atoms. The third-order valence-electron chi connectivity index (χ3n) is 6.61. The van der Waals surface area contributed by atoms with E-state index in [9.17, 15) is 9.59 Å². The minimum Gasteiger partial charge on any atom is -0.485 e. The molecule has 3 aromatic rings. The lowest BCUT2D eigenvalue weighted by Crippen LogP contribution is -2.55. The highest BCUT2D eigenvalue weighted by molar-refractivity contribution is 5.93. The highest BCUT2D eigenvalue weighted by atomic mass is 16.6. The van der Waals surface area contributed by atoms with Crippen LogP contribution >= 0.6 is 0 Å². The fourth-order valence-electron chi connectivity index (χ4n) is 4.53. The van der Waals surface area contributed by atoms with Gasteiger partial charge in [-0.05, 0) is 43.2 Å². The number of para-hydroxylation sites is 3. The maximum absolute atomic E-state index is 13.5. The third-order valence-corrected chi connectivity index (χ3v) is 6.61. The number of carbonyl (C=O) groups excluding carboxylic acids is 2. The summed E-state index contributed by atoms with van der Waals surface area (Å²) in [7, 11) is 0. The van der Waals surface area contributed by atoms with Crippen LogP contribution in [0.25, 0.3) is 5.69 Å². The van der Waals surface area contributed by atoms with Crippen molar-refractivity contribution in [2.75, 3.05) is 32.8 Å². The number of carbonyl (C=O) groups is 2. The molecule has 2 amide bonds. The summed E-state index contributed by atoms with van der Waals surface area (Å²) in [6, 6.07) is 19.1. The second-order valence-electron chi connectivity index (χ2n) is 8.96. The van der Waals surface area contributed by atoms with E-state index in [1.165, 1.54) is 0 Å². The van der Waals surface area contributed by atoms with Gasteiger partial charge in [-0.15, -0.1) is 0 Å². The second kappa shape index (κ2) is 8.52. The number of fused-ring (bicyclic) bond motifs is 1. The Morgan fingerprint density at radius 2 is 1.53 bits per heavy atom. The Bertz CT molecular complexity index is 1210. The molecule has 0 N–H and O–H groups in total. The minimum absolute atomic E-state index is 0.0541. The van der Waals surface area contributed by atoms with Crippen LogP contribution in [0, 0.1) is 0 Å². The lowest BCUT2D eigenvalue weighted by Gasteiger charge is -2.37. The van der Waals surface area contributed by atoms with Crippen molar-refractivity contribution in [1.82, 2.24) is 19.6 Å². The number of hydrogen-bond donors (Lipinski definition) is 0. The first-order chi connectivity index (χ1) is 16.7. The molecule has 1 aliphatic carbocycles. The van der Waals surface area contributed by atoms with Gasteiger partial charge >= 0.3 is 0 Å². The molecule has 1 saturated carbocycles. The Kier molecular flexibility index (Phi) is 5.20. The molecule has 8 nitrogen and oxygen atoms in total. The second-order valence-corrected chi connectivity index (χ2v) is 8.96. The maximum atomic E-state index is 13.5. The molecule has 174 valence electrons. The first kappa shape index (κ1) is 20.8. The van der Waals surface area contributed by atoms with Crippen molar-refractivity contribution in [2.45, 2.75) is 24.9 Å². The van der Waals surface area contributed by atoms with Gasteiger partial charge in [0.05, 0.1) is 11.4 Å². The average molecular weight is 459 g/mol. The van der Waals surface area contributed by atoms with Crippen LogP contribution in [0.3, 0.4) is 0 Å². The predicted molar refractivity (Wildman–Crippen MR) is 124 cm³/mol. The number of benzene rings is 2. The van der Waals surface area contributed by atoms with Gasteiger partial charge in [0.1, 0.15) is 12.3 Å². The van der Waals surface area contributed by atoms with E-state index in [2.05, 4.69) is 0 Å². The van der Waals surface area contributed by atoms with Crippen molar-refractivity contribution in [3.8, 4) is 17.2 Å². The summed E-state index contributed by atoms with van der Waals surface area (Å²) in [5.41, 5.74) is 2.44. The Hall–Kier alpha value is -3.81. The fraction of sp³-hybridized carbons (Fsp3) is 0.346. The zero-order valence-corrected chi connectivity index (χ0v) is 18.8. The molecule has 1 atom stereocenters. The van der Waals surface area contributed by atoms with Gasteiger partial charge in [0.15, 0.2) is 11.5 Å². The molecule has 2 aliphatic heterocycles. The molecule has 6 rings (SSSR count). The summed E-state index contributed by atoms with van der Waals surface area (Å²) in [5.74, 6) is 1.53. The molecular weight excluding hydrogens is 432 g/mol. The number of hydrogen-bond acceptors (Lipinski definition) is 5. The SMILES string of the molecule is O=C(c1cc(C2CC2)nn1-c1ccccc1)N1CCN(C(=O)[C@H]2COc3ccccc3O2)CC1. The van der Waals surface area contributed by atoms with Crippen LogP contribution in [0.5, 0.6) is 11.5 Å². The van der Waals surface area contributed by atoms with Gasteiger partial charge in [-0.2, -0.15) is 5.10 Å². The van der Waals surface area contributed by atoms with E-state index >= 15 is 0 Å². The molecular formula is C26H26N4O4. The van der Waals surface area contributed by atoms with E-state index in [-0.39, 0.29) is 18.4 Å². The smallest absolute Gasteiger partial charge is 0.272 e. The van der Waals surface area contributed by atoms with Crippen LogP contribution in [0.4, 0.5) is 0 Å². The van der Waals surface area contributed by atoms with Crippen LogP contribution in [-0.2, 0) is 4.79 Å². The van der Waals surface area contributed by atoms with Crippen LogP contribution in [0.2, 0.25) is 0 Å². The van der Waals surface area contributed by atoms with E-state index in [1.54, 1.807) is 15.6 Å². The standard InChI is InChI=1S/C26H26N4O4/c31-25(21-16-20(18-10-11-18)27-30(21)19-6-2-1-3-7-19)28-12-14-29(15-13-28)26(32)24-17-33-22-8-4-5-9-23(22)34-24/h1-9,16,18,24H,10-15,17H2/t24-/m1/s1. The monoisotopic (exact) mass is 458 g/mol. The summed E-state index contributed by atoms with van der Waals surface area (Å²) < 4.78 is 13.3. The van der Waals surface area contributed by atoms with E-state index in [1.807, 2.05) is 59.5 Å². The van der Waals surface area contributed by atoms with Crippen molar-refractivity contribution >= 4 is 11.8 Å². The Labute approximate surface area is 197 Å². The van der Waals surface area contributed by atoms with Crippen LogP contribution < -0.4 is 9.47 Å². The zero-order chi connectivity index (χ0) is 23.1. The predicted octanol–water partition coefficient (Wildman–Crippen LogP) is 2.87. The van der Waals surface area contributed by atoms with Crippen LogP contribution in [0.1, 0.15) is 34.9 Å². The Balaban J connectivity index is 1.14. The number of ether oxygens (including phenoxy) is 2.